The molecule has 0 atom stereocenters. The Labute approximate surface area is 151 Å². The average Bonchev–Trinajstić information content (AvgIpc) is 3.32. The first-order chi connectivity index (χ1) is 12.6. The Hall–Kier alpha value is -3.33. The third-order valence-electron chi connectivity index (χ3n) is 4.78. The predicted molar refractivity (Wildman–Crippen MR) is 99.9 cm³/mol. The summed E-state index contributed by atoms with van der Waals surface area (Å²) in [5.41, 5.74) is 7.53. The third kappa shape index (κ3) is 2.78. The van der Waals surface area contributed by atoms with Gasteiger partial charge in [-0.05, 0) is 56.5 Å². The van der Waals surface area contributed by atoms with E-state index in [2.05, 4.69) is 21.9 Å². The molecule has 2 heterocycles. The molecule has 1 saturated carbocycles. The van der Waals surface area contributed by atoms with Crippen LogP contribution in [-0.4, -0.2) is 20.1 Å². The molecule has 1 aliphatic carbocycles. The van der Waals surface area contributed by atoms with Gasteiger partial charge >= 0.3 is 0 Å². The molecule has 4 rings (SSSR count). The average molecular weight is 345 g/mol. The topological polar surface area (TPSA) is 75.6 Å². The van der Waals surface area contributed by atoms with Crippen LogP contribution in [0.3, 0.4) is 0 Å². The van der Waals surface area contributed by atoms with Gasteiger partial charge in [-0.25, -0.2) is 9.66 Å². The second-order valence-corrected chi connectivity index (χ2v) is 6.64. The molecule has 1 fully saturated rings. The van der Waals surface area contributed by atoms with Crippen molar-refractivity contribution in [2.75, 3.05) is 5.43 Å². The Balaban J connectivity index is 1.63. The van der Waals surface area contributed by atoms with Crippen molar-refractivity contribution in [3.8, 4) is 6.07 Å². The molecule has 1 N–H and O–H groups in total. The molecule has 3 aromatic rings. The van der Waals surface area contributed by atoms with Gasteiger partial charge in [0.25, 0.3) is 5.91 Å². The van der Waals surface area contributed by atoms with Gasteiger partial charge < -0.3 is 4.57 Å². The second-order valence-electron chi connectivity index (χ2n) is 6.64. The van der Waals surface area contributed by atoms with Gasteiger partial charge in [-0.2, -0.15) is 5.26 Å². The normalized spacial score (nSPS) is 14.4. The molecule has 6 nitrogen and oxygen atoms in total. The van der Waals surface area contributed by atoms with Gasteiger partial charge in [0, 0.05) is 17.4 Å². The first-order valence-electron chi connectivity index (χ1n) is 8.62. The molecule has 26 heavy (non-hydrogen) atoms. The van der Waals surface area contributed by atoms with Crippen molar-refractivity contribution < 1.29 is 4.79 Å². The molecular formula is C20H19N5O. The largest absolute Gasteiger partial charge is 0.346 e. The summed E-state index contributed by atoms with van der Waals surface area (Å²) in [4.78, 5) is 16.8. The van der Waals surface area contributed by atoms with E-state index in [4.69, 9.17) is 0 Å². The zero-order chi connectivity index (χ0) is 18.3. The lowest BCUT2D eigenvalue weighted by molar-refractivity contribution is -0.113. The van der Waals surface area contributed by atoms with Crippen molar-refractivity contribution in [1.82, 2.24) is 14.2 Å². The Morgan fingerprint density at radius 1 is 1.35 bits per heavy atom. The standard InChI is InChI=1S/C20H19N5O/c1-13-9-15(14(2)25(13)17-7-8-17)10-16(11-21)20(26)23-24-12-22-18-5-3-4-6-19(18)24/h3-6,9-10,12,17H,7-8H2,1-2H3,(H,23,26)/b16-10+. The highest BCUT2D eigenvalue weighted by Gasteiger charge is 2.26. The number of imidazole rings is 1. The highest BCUT2D eigenvalue weighted by atomic mass is 16.2. The van der Waals surface area contributed by atoms with Gasteiger partial charge in [-0.1, -0.05) is 12.1 Å². The van der Waals surface area contributed by atoms with Crippen molar-refractivity contribution in [3.05, 3.63) is 59.2 Å². The summed E-state index contributed by atoms with van der Waals surface area (Å²) in [5, 5.41) is 9.48. The van der Waals surface area contributed by atoms with E-state index < -0.39 is 5.91 Å². The smallest absolute Gasteiger partial charge is 0.280 e. The molecule has 0 bridgehead atoms. The number of benzene rings is 1. The zero-order valence-electron chi connectivity index (χ0n) is 14.7. The predicted octanol–water partition coefficient (Wildman–Crippen LogP) is 3.47. The minimum absolute atomic E-state index is 0.0684. The number of nitrogens with one attached hydrogen (secondary N) is 1. The summed E-state index contributed by atoms with van der Waals surface area (Å²) in [5.74, 6) is -0.452. The Morgan fingerprint density at radius 3 is 2.85 bits per heavy atom. The van der Waals surface area contributed by atoms with Crippen LogP contribution in [0.15, 0.2) is 42.2 Å². The summed E-state index contributed by atoms with van der Waals surface area (Å²) in [6.45, 7) is 4.10. The minimum Gasteiger partial charge on any atom is -0.346 e. The molecule has 130 valence electrons. The maximum absolute atomic E-state index is 12.6. The van der Waals surface area contributed by atoms with E-state index >= 15 is 0 Å². The number of nitrogens with zero attached hydrogens (tertiary/aromatic N) is 4. The number of aromatic nitrogens is 3. The van der Waals surface area contributed by atoms with Gasteiger partial charge in [0.15, 0.2) is 0 Å². The Morgan fingerprint density at radius 2 is 2.12 bits per heavy atom. The summed E-state index contributed by atoms with van der Waals surface area (Å²) < 4.78 is 3.83. The van der Waals surface area contributed by atoms with Crippen molar-refractivity contribution in [2.45, 2.75) is 32.7 Å². The fraction of sp³-hybridized carbons (Fsp3) is 0.250. The lowest BCUT2D eigenvalue weighted by atomic mass is 10.1. The summed E-state index contributed by atoms with van der Waals surface area (Å²) >= 11 is 0. The number of carbonyl (C=O) groups excluding carboxylic acids is 1. The van der Waals surface area contributed by atoms with Crippen LogP contribution in [0.1, 0.15) is 35.8 Å². The summed E-state index contributed by atoms with van der Waals surface area (Å²) in [6.07, 6.45) is 5.59. The van der Waals surface area contributed by atoms with E-state index in [-0.39, 0.29) is 5.57 Å². The lowest BCUT2D eigenvalue weighted by Crippen LogP contribution is -2.23. The van der Waals surface area contributed by atoms with Crippen LogP contribution in [0, 0.1) is 25.2 Å². The SMILES string of the molecule is Cc1cc(/C=C(\C#N)C(=O)Nn2cnc3ccccc32)c(C)n1C1CC1. The van der Waals surface area contributed by atoms with Crippen LogP contribution in [0.5, 0.6) is 0 Å². The van der Waals surface area contributed by atoms with E-state index in [1.54, 1.807) is 6.08 Å². The minimum atomic E-state index is -0.452. The zero-order valence-corrected chi connectivity index (χ0v) is 14.7. The lowest BCUT2D eigenvalue weighted by Gasteiger charge is -2.07. The second kappa shape index (κ2) is 6.19. The number of hydrogen-bond acceptors (Lipinski definition) is 3. The first kappa shape index (κ1) is 16.2. The van der Waals surface area contributed by atoms with E-state index in [1.165, 1.54) is 23.8 Å². The molecule has 1 aromatic carbocycles. The summed E-state index contributed by atoms with van der Waals surface area (Å²) in [6, 6.07) is 12.1. The number of amides is 1. The molecule has 0 unspecified atom stereocenters. The van der Waals surface area contributed by atoms with E-state index in [0.717, 1.165) is 28.0 Å². The number of nitriles is 1. The van der Waals surface area contributed by atoms with Gasteiger partial charge in [0.2, 0.25) is 0 Å². The molecule has 0 saturated heterocycles. The fourth-order valence-electron chi connectivity index (χ4n) is 3.37. The van der Waals surface area contributed by atoms with Crippen LogP contribution in [0.4, 0.5) is 0 Å². The summed E-state index contributed by atoms with van der Waals surface area (Å²) in [7, 11) is 0. The number of para-hydroxylation sites is 2. The molecule has 2 aromatic heterocycles. The van der Waals surface area contributed by atoms with Gasteiger partial charge in [-0.3, -0.25) is 10.2 Å². The van der Waals surface area contributed by atoms with Crippen molar-refractivity contribution in [2.24, 2.45) is 0 Å². The highest BCUT2D eigenvalue weighted by Crippen LogP contribution is 2.38. The van der Waals surface area contributed by atoms with E-state index in [9.17, 15) is 10.1 Å². The van der Waals surface area contributed by atoms with Crippen molar-refractivity contribution in [3.63, 3.8) is 0 Å². The van der Waals surface area contributed by atoms with E-state index in [0.29, 0.717) is 6.04 Å². The van der Waals surface area contributed by atoms with Crippen LogP contribution < -0.4 is 5.43 Å². The molecule has 1 aliphatic rings. The van der Waals surface area contributed by atoms with Gasteiger partial charge in [-0.15, -0.1) is 0 Å². The maximum atomic E-state index is 12.6. The molecule has 0 aliphatic heterocycles. The van der Waals surface area contributed by atoms with Crippen LogP contribution >= 0.6 is 0 Å². The number of rotatable bonds is 4. The van der Waals surface area contributed by atoms with Crippen molar-refractivity contribution in [1.29, 1.82) is 5.26 Å². The molecule has 0 spiro atoms. The fourth-order valence-corrected chi connectivity index (χ4v) is 3.37. The van der Waals surface area contributed by atoms with Crippen LogP contribution in [0.25, 0.3) is 17.1 Å². The quantitative estimate of drug-likeness (QED) is 0.581. The molecule has 1 amide bonds. The highest BCUT2D eigenvalue weighted by molar-refractivity contribution is 6.07. The third-order valence-corrected chi connectivity index (χ3v) is 4.78. The molecule has 0 radical (unpaired) electrons. The van der Waals surface area contributed by atoms with Crippen molar-refractivity contribution >= 4 is 23.0 Å². The first-order valence-corrected chi connectivity index (χ1v) is 8.62. The van der Waals surface area contributed by atoms with Gasteiger partial charge in [0.1, 0.15) is 18.0 Å². The van der Waals surface area contributed by atoms with Crippen LogP contribution in [-0.2, 0) is 4.79 Å². The van der Waals surface area contributed by atoms with Gasteiger partial charge in [0.05, 0.1) is 11.0 Å². The van der Waals surface area contributed by atoms with E-state index in [1.807, 2.05) is 43.3 Å². The monoisotopic (exact) mass is 345 g/mol. The maximum Gasteiger partial charge on any atom is 0.280 e. The number of aryl methyl sites for hydroxylation is 1. The molecular weight excluding hydrogens is 326 g/mol. The Bertz CT molecular complexity index is 1080. The number of fused-ring (bicyclic) bond motifs is 1. The Kier molecular flexibility index (Phi) is 3.85. The number of hydrogen-bond donors (Lipinski definition) is 1. The van der Waals surface area contributed by atoms with Crippen LogP contribution in [0.2, 0.25) is 0 Å². The number of carbonyl (C=O) groups is 1. The molecule has 6 heteroatoms.